The summed E-state index contributed by atoms with van der Waals surface area (Å²) in [6.07, 6.45) is 1.84. The fraction of sp³-hybridized carbons (Fsp3) is 0.286. The SMILES string of the molecule is COc1cccc(NC(=S)NCc2cnn(C)c2C)c1. The summed E-state index contributed by atoms with van der Waals surface area (Å²) in [5.74, 6) is 0.793. The number of methoxy groups -OCH3 is 1. The molecule has 0 saturated heterocycles. The van der Waals surface area contributed by atoms with Gasteiger partial charge in [-0.15, -0.1) is 0 Å². The first-order valence-electron chi connectivity index (χ1n) is 6.26. The Kier molecular flexibility index (Phi) is 4.57. The second kappa shape index (κ2) is 6.38. The molecule has 0 atom stereocenters. The monoisotopic (exact) mass is 290 g/mol. The number of nitrogens with zero attached hydrogens (tertiary/aromatic N) is 2. The number of aromatic nitrogens is 2. The molecule has 0 amide bonds. The lowest BCUT2D eigenvalue weighted by Gasteiger charge is -2.11. The first kappa shape index (κ1) is 14.3. The molecule has 0 spiro atoms. The van der Waals surface area contributed by atoms with Gasteiger partial charge in [0.05, 0.1) is 13.3 Å². The van der Waals surface area contributed by atoms with Crippen LogP contribution in [-0.4, -0.2) is 22.0 Å². The standard InChI is InChI=1S/C14H18N4OS/c1-10-11(9-16-18(10)2)8-15-14(20)17-12-5-4-6-13(7-12)19-3/h4-7,9H,8H2,1-3H3,(H2,15,17,20). The molecule has 6 heteroatoms. The number of benzene rings is 1. The zero-order valence-corrected chi connectivity index (χ0v) is 12.6. The quantitative estimate of drug-likeness (QED) is 0.846. The highest BCUT2D eigenvalue weighted by Gasteiger charge is 2.04. The normalized spacial score (nSPS) is 10.2. The number of aryl methyl sites for hydroxylation is 1. The predicted octanol–water partition coefficient (Wildman–Crippen LogP) is 2.22. The third-order valence-electron chi connectivity index (χ3n) is 3.10. The van der Waals surface area contributed by atoms with Crippen molar-refractivity contribution >= 4 is 23.0 Å². The van der Waals surface area contributed by atoms with Crippen molar-refractivity contribution in [2.45, 2.75) is 13.5 Å². The molecule has 2 rings (SSSR count). The van der Waals surface area contributed by atoms with E-state index in [2.05, 4.69) is 15.7 Å². The number of anilines is 1. The summed E-state index contributed by atoms with van der Waals surface area (Å²) in [6.45, 7) is 2.68. The van der Waals surface area contributed by atoms with Crippen molar-refractivity contribution in [2.75, 3.05) is 12.4 Å². The van der Waals surface area contributed by atoms with Gasteiger partial charge in [-0.1, -0.05) is 6.07 Å². The number of hydrogen-bond donors (Lipinski definition) is 2. The molecule has 1 aromatic carbocycles. The fourth-order valence-corrected chi connectivity index (χ4v) is 1.96. The largest absolute Gasteiger partial charge is 0.497 e. The second-order valence-electron chi connectivity index (χ2n) is 4.42. The fourth-order valence-electron chi connectivity index (χ4n) is 1.77. The molecule has 2 N–H and O–H groups in total. The van der Waals surface area contributed by atoms with Crippen LogP contribution in [0.4, 0.5) is 5.69 Å². The minimum absolute atomic E-state index is 0.571. The van der Waals surface area contributed by atoms with Crippen LogP contribution in [0.25, 0.3) is 0 Å². The second-order valence-corrected chi connectivity index (χ2v) is 4.83. The summed E-state index contributed by atoms with van der Waals surface area (Å²) in [5.41, 5.74) is 3.15. The van der Waals surface area contributed by atoms with Crippen molar-refractivity contribution in [3.05, 3.63) is 41.7 Å². The molecule has 2 aromatic rings. The van der Waals surface area contributed by atoms with Gasteiger partial charge in [0.1, 0.15) is 5.75 Å². The van der Waals surface area contributed by atoms with Gasteiger partial charge in [0, 0.05) is 36.6 Å². The first-order chi connectivity index (χ1) is 9.60. The number of rotatable bonds is 4. The molecule has 0 bridgehead atoms. The first-order valence-corrected chi connectivity index (χ1v) is 6.67. The number of hydrogen-bond acceptors (Lipinski definition) is 3. The van der Waals surface area contributed by atoms with Gasteiger partial charge in [-0.3, -0.25) is 4.68 Å². The maximum Gasteiger partial charge on any atom is 0.171 e. The van der Waals surface area contributed by atoms with Crippen LogP contribution in [0.2, 0.25) is 0 Å². The smallest absolute Gasteiger partial charge is 0.171 e. The van der Waals surface area contributed by atoms with Gasteiger partial charge in [0.2, 0.25) is 0 Å². The molecule has 0 aliphatic carbocycles. The number of ether oxygens (including phenoxy) is 1. The maximum atomic E-state index is 5.27. The van der Waals surface area contributed by atoms with Crippen molar-refractivity contribution < 1.29 is 4.74 Å². The number of thiocarbonyl (C=S) groups is 1. The minimum Gasteiger partial charge on any atom is -0.497 e. The van der Waals surface area contributed by atoms with Crippen LogP contribution in [0, 0.1) is 6.92 Å². The molecule has 0 fully saturated rings. The van der Waals surface area contributed by atoms with Crippen molar-refractivity contribution in [1.82, 2.24) is 15.1 Å². The zero-order valence-electron chi connectivity index (χ0n) is 11.8. The molecule has 0 saturated carbocycles. The van der Waals surface area contributed by atoms with E-state index in [1.807, 2.05) is 49.1 Å². The van der Waals surface area contributed by atoms with Crippen LogP contribution < -0.4 is 15.4 Å². The Morgan fingerprint density at radius 2 is 2.25 bits per heavy atom. The molecule has 106 valence electrons. The Morgan fingerprint density at radius 3 is 2.90 bits per heavy atom. The zero-order chi connectivity index (χ0) is 14.5. The van der Waals surface area contributed by atoms with E-state index in [4.69, 9.17) is 17.0 Å². The van der Waals surface area contributed by atoms with Gasteiger partial charge in [-0.25, -0.2) is 0 Å². The van der Waals surface area contributed by atoms with E-state index in [0.29, 0.717) is 11.7 Å². The molecule has 1 heterocycles. The molecule has 0 aliphatic heterocycles. The van der Waals surface area contributed by atoms with E-state index in [9.17, 15) is 0 Å². The van der Waals surface area contributed by atoms with Gasteiger partial charge >= 0.3 is 0 Å². The van der Waals surface area contributed by atoms with E-state index >= 15 is 0 Å². The molecule has 0 unspecified atom stereocenters. The highest BCUT2D eigenvalue weighted by Crippen LogP contribution is 2.16. The molecular formula is C14H18N4OS. The van der Waals surface area contributed by atoms with E-state index in [1.54, 1.807) is 7.11 Å². The third kappa shape index (κ3) is 3.48. The van der Waals surface area contributed by atoms with Crippen LogP contribution in [0.3, 0.4) is 0 Å². The highest BCUT2D eigenvalue weighted by molar-refractivity contribution is 7.80. The Balaban J connectivity index is 1.90. The van der Waals surface area contributed by atoms with Crippen LogP contribution in [0.5, 0.6) is 5.75 Å². The van der Waals surface area contributed by atoms with Crippen LogP contribution in [0.1, 0.15) is 11.3 Å². The third-order valence-corrected chi connectivity index (χ3v) is 3.35. The van der Waals surface area contributed by atoms with Gasteiger partial charge in [0.25, 0.3) is 0 Å². The van der Waals surface area contributed by atoms with Gasteiger partial charge in [-0.2, -0.15) is 5.10 Å². The van der Waals surface area contributed by atoms with E-state index < -0.39 is 0 Å². The van der Waals surface area contributed by atoms with E-state index in [0.717, 1.165) is 22.7 Å². The highest BCUT2D eigenvalue weighted by atomic mass is 32.1. The van der Waals surface area contributed by atoms with Crippen molar-refractivity contribution in [2.24, 2.45) is 7.05 Å². The summed E-state index contributed by atoms with van der Waals surface area (Å²) in [4.78, 5) is 0. The molecule has 0 radical (unpaired) electrons. The Labute approximate surface area is 123 Å². The average molecular weight is 290 g/mol. The van der Waals surface area contributed by atoms with Crippen LogP contribution in [0.15, 0.2) is 30.5 Å². The Morgan fingerprint density at radius 1 is 1.45 bits per heavy atom. The van der Waals surface area contributed by atoms with Crippen LogP contribution >= 0.6 is 12.2 Å². The lowest BCUT2D eigenvalue weighted by molar-refractivity contribution is 0.415. The van der Waals surface area contributed by atoms with Crippen molar-refractivity contribution in [1.29, 1.82) is 0 Å². The maximum absolute atomic E-state index is 5.27. The lowest BCUT2D eigenvalue weighted by Crippen LogP contribution is -2.28. The van der Waals surface area contributed by atoms with Crippen molar-refractivity contribution in [3.63, 3.8) is 0 Å². The minimum atomic E-state index is 0.571. The topological polar surface area (TPSA) is 51.1 Å². The van der Waals surface area contributed by atoms with E-state index in [-0.39, 0.29) is 0 Å². The summed E-state index contributed by atoms with van der Waals surface area (Å²) < 4.78 is 7.01. The van der Waals surface area contributed by atoms with Gasteiger partial charge in [0.15, 0.2) is 5.11 Å². The van der Waals surface area contributed by atoms with Crippen molar-refractivity contribution in [3.8, 4) is 5.75 Å². The lowest BCUT2D eigenvalue weighted by atomic mass is 10.2. The summed E-state index contributed by atoms with van der Waals surface area (Å²) in [6, 6.07) is 7.63. The van der Waals surface area contributed by atoms with Crippen LogP contribution in [-0.2, 0) is 13.6 Å². The summed E-state index contributed by atoms with van der Waals surface area (Å²) in [5, 5.41) is 11.1. The Bertz CT molecular complexity index is 609. The van der Waals surface area contributed by atoms with Gasteiger partial charge in [-0.05, 0) is 31.3 Å². The summed E-state index contributed by atoms with van der Waals surface area (Å²) >= 11 is 5.27. The molecule has 0 aliphatic rings. The van der Waals surface area contributed by atoms with Gasteiger partial charge < -0.3 is 15.4 Å². The molecular weight excluding hydrogens is 272 g/mol. The summed E-state index contributed by atoms with van der Waals surface area (Å²) in [7, 11) is 3.56. The molecule has 1 aromatic heterocycles. The number of nitrogens with one attached hydrogen (secondary N) is 2. The van der Waals surface area contributed by atoms with E-state index in [1.165, 1.54) is 0 Å². The predicted molar refractivity (Wildman–Crippen MR) is 84.0 cm³/mol. The molecule has 20 heavy (non-hydrogen) atoms. The average Bonchev–Trinajstić information content (AvgIpc) is 2.77. The Hall–Kier alpha value is -2.08. The molecule has 5 nitrogen and oxygen atoms in total.